The van der Waals surface area contributed by atoms with Crippen molar-refractivity contribution < 1.29 is 14.3 Å². The first-order chi connectivity index (χ1) is 11.0. The number of rotatable bonds is 3. The predicted molar refractivity (Wildman–Crippen MR) is 81.0 cm³/mol. The Hall–Kier alpha value is -2.22. The van der Waals surface area contributed by atoms with Crippen molar-refractivity contribution >= 4 is 11.8 Å². The minimum atomic E-state index is -0.510. The van der Waals surface area contributed by atoms with Crippen molar-refractivity contribution in [2.75, 3.05) is 26.3 Å². The maximum absolute atomic E-state index is 12.2. The lowest BCUT2D eigenvalue weighted by Crippen LogP contribution is -2.62. The highest BCUT2D eigenvalue weighted by Gasteiger charge is 2.36. The number of carbonyl (C=O) groups excluding carboxylic acids is 2. The van der Waals surface area contributed by atoms with Crippen LogP contribution in [0.25, 0.3) is 0 Å². The van der Waals surface area contributed by atoms with E-state index in [1.807, 2.05) is 0 Å². The number of nitrogens with one attached hydrogen (secondary N) is 2. The van der Waals surface area contributed by atoms with Gasteiger partial charge in [0.15, 0.2) is 5.69 Å². The van der Waals surface area contributed by atoms with Crippen LogP contribution in [0, 0.1) is 12.8 Å². The lowest BCUT2D eigenvalue weighted by molar-refractivity contribution is -0.144. The van der Waals surface area contributed by atoms with Gasteiger partial charge in [0.25, 0.3) is 5.91 Å². The molecule has 1 aromatic heterocycles. The molecule has 8 nitrogen and oxygen atoms in total. The van der Waals surface area contributed by atoms with E-state index in [0.717, 1.165) is 19.4 Å². The third-order valence-corrected chi connectivity index (χ3v) is 4.18. The van der Waals surface area contributed by atoms with Crippen LogP contribution in [0.1, 0.15) is 29.0 Å². The van der Waals surface area contributed by atoms with Crippen molar-refractivity contribution in [3.8, 4) is 0 Å². The second-order valence-electron chi connectivity index (χ2n) is 6.09. The number of aromatic amines is 1. The topological polar surface area (TPSA) is 104 Å². The first-order valence-corrected chi connectivity index (χ1v) is 7.78. The van der Waals surface area contributed by atoms with Crippen molar-refractivity contribution in [2.45, 2.75) is 25.8 Å². The van der Waals surface area contributed by atoms with Crippen molar-refractivity contribution in [1.29, 1.82) is 0 Å². The molecule has 1 unspecified atom stereocenters. The number of hydrogen-bond acceptors (Lipinski definition) is 5. The summed E-state index contributed by atoms with van der Waals surface area (Å²) in [7, 11) is 0. The molecule has 2 fully saturated rings. The molecule has 0 bridgehead atoms. The quantitative estimate of drug-likeness (QED) is 0.777. The second kappa shape index (κ2) is 6.49. The zero-order chi connectivity index (χ0) is 16.4. The number of ether oxygens (including phenoxy) is 1. The number of carbonyl (C=O) groups is 2. The fourth-order valence-electron chi connectivity index (χ4n) is 2.86. The SMILES string of the molecule is Cc1cc(=O)c(C(=O)NC2CN(C(=O)C3CCCOC3)C2)n[nH]1. The monoisotopic (exact) mass is 320 g/mol. The summed E-state index contributed by atoms with van der Waals surface area (Å²) in [4.78, 5) is 37.7. The fourth-order valence-corrected chi connectivity index (χ4v) is 2.86. The molecule has 2 amide bonds. The number of likely N-dealkylation sites (tertiary alicyclic amines) is 1. The van der Waals surface area contributed by atoms with E-state index >= 15 is 0 Å². The zero-order valence-electron chi connectivity index (χ0n) is 13.0. The van der Waals surface area contributed by atoms with Gasteiger partial charge in [0.1, 0.15) is 0 Å². The first kappa shape index (κ1) is 15.7. The Bertz CT molecular complexity index is 660. The highest BCUT2D eigenvalue weighted by atomic mass is 16.5. The van der Waals surface area contributed by atoms with E-state index < -0.39 is 11.3 Å². The van der Waals surface area contributed by atoms with E-state index in [1.165, 1.54) is 6.07 Å². The molecule has 0 saturated carbocycles. The molecule has 2 saturated heterocycles. The summed E-state index contributed by atoms with van der Waals surface area (Å²) >= 11 is 0. The van der Waals surface area contributed by atoms with E-state index in [4.69, 9.17) is 4.74 Å². The molecule has 2 aliphatic rings. The smallest absolute Gasteiger partial charge is 0.276 e. The molecule has 23 heavy (non-hydrogen) atoms. The van der Waals surface area contributed by atoms with Gasteiger partial charge in [0.2, 0.25) is 11.3 Å². The van der Waals surface area contributed by atoms with Crippen LogP contribution in [0.5, 0.6) is 0 Å². The molecule has 8 heteroatoms. The molecule has 1 aromatic rings. The van der Waals surface area contributed by atoms with Gasteiger partial charge in [-0.1, -0.05) is 0 Å². The maximum Gasteiger partial charge on any atom is 0.276 e. The largest absolute Gasteiger partial charge is 0.381 e. The minimum Gasteiger partial charge on any atom is -0.381 e. The number of H-pyrrole nitrogens is 1. The van der Waals surface area contributed by atoms with Gasteiger partial charge in [-0.25, -0.2) is 0 Å². The van der Waals surface area contributed by atoms with Crippen molar-refractivity contribution in [2.24, 2.45) is 5.92 Å². The number of hydrogen-bond donors (Lipinski definition) is 2. The Morgan fingerprint density at radius 3 is 2.87 bits per heavy atom. The molecular formula is C15H20N4O4. The van der Waals surface area contributed by atoms with E-state index in [2.05, 4.69) is 15.5 Å². The zero-order valence-corrected chi connectivity index (χ0v) is 13.0. The summed E-state index contributed by atoms with van der Waals surface area (Å²) in [6.45, 7) is 3.83. The van der Waals surface area contributed by atoms with Crippen LogP contribution in [-0.2, 0) is 9.53 Å². The van der Waals surface area contributed by atoms with Crippen molar-refractivity contribution in [3.63, 3.8) is 0 Å². The number of amides is 2. The molecule has 0 aromatic carbocycles. The minimum absolute atomic E-state index is 0.0676. The Kier molecular flexibility index (Phi) is 4.42. The average molecular weight is 320 g/mol. The average Bonchev–Trinajstić information content (AvgIpc) is 2.50. The molecule has 3 rings (SSSR count). The molecule has 0 radical (unpaired) electrons. The Balaban J connectivity index is 1.50. The number of aromatic nitrogens is 2. The molecule has 3 heterocycles. The molecule has 1 atom stereocenters. The molecule has 0 aliphatic carbocycles. The summed E-state index contributed by atoms with van der Waals surface area (Å²) in [5.41, 5.74) is 0.0353. The van der Waals surface area contributed by atoms with Gasteiger partial charge >= 0.3 is 0 Å². The summed E-state index contributed by atoms with van der Waals surface area (Å²) in [6, 6.07) is 1.19. The van der Waals surface area contributed by atoms with Crippen LogP contribution in [0.2, 0.25) is 0 Å². The van der Waals surface area contributed by atoms with E-state index in [1.54, 1.807) is 11.8 Å². The fraction of sp³-hybridized carbons (Fsp3) is 0.600. The van der Waals surface area contributed by atoms with Crippen LogP contribution in [0.4, 0.5) is 0 Å². The van der Waals surface area contributed by atoms with Gasteiger partial charge in [-0.3, -0.25) is 19.5 Å². The third-order valence-electron chi connectivity index (χ3n) is 4.18. The van der Waals surface area contributed by atoms with Crippen LogP contribution in [-0.4, -0.2) is 59.3 Å². The molecular weight excluding hydrogens is 300 g/mol. The van der Waals surface area contributed by atoms with Crippen LogP contribution < -0.4 is 10.7 Å². The lowest BCUT2D eigenvalue weighted by atomic mass is 9.97. The molecule has 2 N–H and O–H groups in total. The highest BCUT2D eigenvalue weighted by molar-refractivity contribution is 5.92. The third kappa shape index (κ3) is 3.42. The number of aryl methyl sites for hydroxylation is 1. The molecule has 2 aliphatic heterocycles. The normalized spacial score (nSPS) is 21.6. The van der Waals surface area contributed by atoms with Gasteiger partial charge in [0, 0.05) is 31.5 Å². The Labute approximate surface area is 133 Å². The highest BCUT2D eigenvalue weighted by Crippen LogP contribution is 2.20. The Morgan fingerprint density at radius 1 is 1.43 bits per heavy atom. The van der Waals surface area contributed by atoms with Crippen molar-refractivity contribution in [1.82, 2.24) is 20.4 Å². The van der Waals surface area contributed by atoms with Gasteiger partial charge in [0.05, 0.1) is 18.6 Å². The molecule has 0 spiro atoms. The van der Waals surface area contributed by atoms with E-state index in [-0.39, 0.29) is 23.6 Å². The summed E-state index contributed by atoms with van der Waals surface area (Å²) < 4.78 is 5.33. The van der Waals surface area contributed by atoms with E-state index in [0.29, 0.717) is 25.4 Å². The second-order valence-corrected chi connectivity index (χ2v) is 6.09. The predicted octanol–water partition coefficient (Wildman–Crippen LogP) is -0.554. The van der Waals surface area contributed by atoms with Crippen LogP contribution >= 0.6 is 0 Å². The first-order valence-electron chi connectivity index (χ1n) is 7.78. The van der Waals surface area contributed by atoms with E-state index in [9.17, 15) is 14.4 Å². The van der Waals surface area contributed by atoms with Crippen LogP contribution in [0.3, 0.4) is 0 Å². The Morgan fingerprint density at radius 2 is 2.22 bits per heavy atom. The molecule has 124 valence electrons. The summed E-state index contributed by atoms with van der Waals surface area (Å²) in [5.74, 6) is -0.493. The standard InChI is InChI=1S/C15H20N4O4/c1-9-5-12(20)13(18-17-9)14(21)16-11-6-19(7-11)15(22)10-3-2-4-23-8-10/h5,10-11H,2-4,6-8H2,1H3,(H,16,21)(H,17,20). The summed E-state index contributed by atoms with van der Waals surface area (Å²) in [6.07, 6.45) is 1.77. The van der Waals surface area contributed by atoms with Gasteiger partial charge in [-0.2, -0.15) is 5.10 Å². The maximum atomic E-state index is 12.2. The van der Waals surface area contributed by atoms with Crippen molar-refractivity contribution in [3.05, 3.63) is 27.7 Å². The lowest BCUT2D eigenvalue weighted by Gasteiger charge is -2.41. The van der Waals surface area contributed by atoms with Gasteiger partial charge in [-0.15, -0.1) is 0 Å². The van der Waals surface area contributed by atoms with Gasteiger partial charge < -0.3 is 15.0 Å². The van der Waals surface area contributed by atoms with Gasteiger partial charge in [-0.05, 0) is 19.8 Å². The van der Waals surface area contributed by atoms with Crippen LogP contribution in [0.15, 0.2) is 10.9 Å². The summed E-state index contributed by atoms with van der Waals surface area (Å²) in [5, 5.41) is 9.12. The number of nitrogens with zero attached hydrogens (tertiary/aromatic N) is 2.